The fraction of sp³-hybridized carbons (Fsp3) is 0.536. The van der Waals surface area contributed by atoms with Gasteiger partial charge in [-0.1, -0.05) is 6.07 Å². The number of aromatic nitrogens is 3. The number of H-pyrrole nitrogens is 1. The summed E-state index contributed by atoms with van der Waals surface area (Å²) in [5.41, 5.74) is 0.561. The highest BCUT2D eigenvalue weighted by Crippen LogP contribution is 2.38. The number of likely N-dealkylation sites (tertiary alicyclic amines) is 1. The molecule has 11 heteroatoms. The lowest BCUT2D eigenvalue weighted by Gasteiger charge is -2.33. The predicted octanol–water partition coefficient (Wildman–Crippen LogP) is 3.30. The second-order valence-corrected chi connectivity index (χ2v) is 11.8. The van der Waals surface area contributed by atoms with Crippen molar-refractivity contribution in [1.29, 1.82) is 0 Å². The van der Waals surface area contributed by atoms with Crippen LogP contribution in [0.1, 0.15) is 68.9 Å². The van der Waals surface area contributed by atoms with Gasteiger partial charge in [0.25, 0.3) is 5.91 Å². The number of rotatable bonds is 6. The van der Waals surface area contributed by atoms with Crippen LogP contribution in [0.3, 0.4) is 0 Å². The van der Waals surface area contributed by atoms with Gasteiger partial charge in [-0.25, -0.2) is 4.39 Å². The van der Waals surface area contributed by atoms with E-state index in [2.05, 4.69) is 10.1 Å². The molecule has 0 saturated carbocycles. The van der Waals surface area contributed by atoms with Crippen LogP contribution in [0.2, 0.25) is 0 Å². The lowest BCUT2D eigenvalue weighted by Crippen LogP contribution is -2.41. The first-order valence-corrected chi connectivity index (χ1v) is 13.6. The molecule has 0 aliphatic carbocycles. The van der Waals surface area contributed by atoms with Crippen molar-refractivity contribution in [2.75, 3.05) is 27.2 Å². The molecule has 2 fully saturated rings. The summed E-state index contributed by atoms with van der Waals surface area (Å²) < 4.78 is 30.7. The Morgan fingerprint density at radius 1 is 1.21 bits per heavy atom. The van der Waals surface area contributed by atoms with Crippen LogP contribution in [0.4, 0.5) is 4.39 Å². The van der Waals surface area contributed by atoms with E-state index in [9.17, 15) is 9.59 Å². The number of halogens is 1. The molecule has 0 spiro atoms. The number of aryl methyl sites for hydroxylation is 1. The Morgan fingerprint density at radius 3 is 2.56 bits per heavy atom. The van der Waals surface area contributed by atoms with Gasteiger partial charge in [0.05, 0.1) is 16.7 Å². The van der Waals surface area contributed by atoms with Crippen molar-refractivity contribution in [1.82, 2.24) is 24.6 Å². The van der Waals surface area contributed by atoms with Gasteiger partial charge in [0, 0.05) is 63.8 Å². The van der Waals surface area contributed by atoms with Crippen LogP contribution in [-0.2, 0) is 20.6 Å². The SMILES string of the molecule is CN(C)C(=O)c1cc2c(B3OC(C)(C)C(C)(C)O3)cc([C@H]3CCCN(C(=O)CCn4cccn4)C3)c(F)c2[nH]1. The monoisotopic (exact) mass is 537 g/mol. The molecule has 2 amide bonds. The van der Waals surface area contributed by atoms with Gasteiger partial charge < -0.3 is 24.1 Å². The number of aromatic amines is 1. The molecule has 2 aliphatic rings. The van der Waals surface area contributed by atoms with Crippen LogP contribution in [0.15, 0.2) is 30.6 Å². The third kappa shape index (κ3) is 5.09. The highest BCUT2D eigenvalue weighted by atomic mass is 19.1. The number of hydrogen-bond donors (Lipinski definition) is 1. The standard InChI is InChI=1S/C28H37BFN5O4/c1-27(2)28(3,4)39-29(38-27)21-15-19(24(30)25-20(21)16-22(32-25)26(37)33(5)6)18-9-7-12-34(17-18)23(36)10-14-35-13-8-11-31-35/h8,11,13,15-16,18,32H,7,9-10,12,14,17H2,1-6H3/t18-/m0/s1. The number of amides is 2. The molecule has 1 aromatic carbocycles. The van der Waals surface area contributed by atoms with E-state index in [0.29, 0.717) is 48.2 Å². The fourth-order valence-electron chi connectivity index (χ4n) is 5.39. The highest BCUT2D eigenvalue weighted by molar-refractivity contribution is 6.65. The van der Waals surface area contributed by atoms with E-state index in [-0.39, 0.29) is 23.2 Å². The molecular weight excluding hydrogens is 500 g/mol. The Morgan fingerprint density at radius 2 is 1.92 bits per heavy atom. The number of nitrogens with one attached hydrogen (secondary N) is 1. The molecule has 3 aromatic rings. The maximum atomic E-state index is 16.2. The zero-order chi connectivity index (χ0) is 28.1. The summed E-state index contributed by atoms with van der Waals surface area (Å²) in [6.45, 7) is 9.47. The van der Waals surface area contributed by atoms with Gasteiger partial charge in [0.2, 0.25) is 5.91 Å². The van der Waals surface area contributed by atoms with Gasteiger partial charge in [-0.05, 0) is 63.7 Å². The minimum atomic E-state index is -0.731. The number of benzene rings is 1. The van der Waals surface area contributed by atoms with E-state index in [1.165, 1.54) is 4.90 Å². The van der Waals surface area contributed by atoms with Crippen molar-refractivity contribution in [2.45, 2.75) is 70.6 Å². The summed E-state index contributed by atoms with van der Waals surface area (Å²) in [5, 5.41) is 4.73. The lowest BCUT2D eigenvalue weighted by molar-refractivity contribution is -0.132. The van der Waals surface area contributed by atoms with E-state index in [0.717, 1.165) is 12.8 Å². The van der Waals surface area contributed by atoms with Gasteiger partial charge in [0.1, 0.15) is 5.69 Å². The first-order chi connectivity index (χ1) is 18.4. The Hall–Kier alpha value is -3.18. The number of nitrogens with zero attached hydrogens (tertiary/aromatic N) is 4. The lowest BCUT2D eigenvalue weighted by atomic mass is 9.74. The molecule has 5 rings (SSSR count). The van der Waals surface area contributed by atoms with Gasteiger partial charge >= 0.3 is 7.12 Å². The predicted molar refractivity (Wildman–Crippen MR) is 147 cm³/mol. The van der Waals surface area contributed by atoms with Crippen LogP contribution in [0.5, 0.6) is 0 Å². The Balaban J connectivity index is 1.50. The largest absolute Gasteiger partial charge is 0.495 e. The Bertz CT molecular complexity index is 1370. The zero-order valence-corrected chi connectivity index (χ0v) is 23.6. The van der Waals surface area contributed by atoms with Crippen LogP contribution >= 0.6 is 0 Å². The van der Waals surface area contributed by atoms with Gasteiger partial charge in [-0.2, -0.15) is 5.10 Å². The number of carbonyl (C=O) groups is 2. The molecule has 2 aromatic heterocycles. The summed E-state index contributed by atoms with van der Waals surface area (Å²) in [6, 6.07) is 5.33. The molecule has 39 heavy (non-hydrogen) atoms. The molecule has 2 aliphatic heterocycles. The summed E-state index contributed by atoms with van der Waals surface area (Å²) >= 11 is 0. The number of hydrogen-bond acceptors (Lipinski definition) is 5. The maximum Gasteiger partial charge on any atom is 0.495 e. The molecule has 9 nitrogen and oxygen atoms in total. The molecule has 1 atom stereocenters. The van der Waals surface area contributed by atoms with Gasteiger partial charge in [-0.15, -0.1) is 0 Å². The summed E-state index contributed by atoms with van der Waals surface area (Å²) in [7, 11) is 2.58. The molecule has 208 valence electrons. The van der Waals surface area contributed by atoms with E-state index in [1.807, 2.05) is 50.9 Å². The first kappa shape index (κ1) is 27.4. The average molecular weight is 537 g/mol. The summed E-state index contributed by atoms with van der Waals surface area (Å²) in [6.07, 6.45) is 5.38. The first-order valence-electron chi connectivity index (χ1n) is 13.6. The highest BCUT2D eigenvalue weighted by Gasteiger charge is 2.52. The number of carbonyl (C=O) groups excluding carboxylic acids is 2. The van der Waals surface area contributed by atoms with E-state index in [4.69, 9.17) is 9.31 Å². The molecule has 2 saturated heterocycles. The van der Waals surface area contributed by atoms with Crippen molar-refractivity contribution in [2.24, 2.45) is 0 Å². The number of fused-ring (bicyclic) bond motifs is 1. The summed E-state index contributed by atoms with van der Waals surface area (Å²) in [4.78, 5) is 32.1. The van der Waals surface area contributed by atoms with Crippen LogP contribution < -0.4 is 5.46 Å². The number of piperidine rings is 1. The fourth-order valence-corrected chi connectivity index (χ4v) is 5.39. The quantitative estimate of drug-likeness (QED) is 0.488. The molecule has 1 N–H and O–H groups in total. The van der Waals surface area contributed by atoms with Crippen LogP contribution in [-0.4, -0.2) is 81.9 Å². The van der Waals surface area contributed by atoms with E-state index >= 15 is 4.39 Å². The van der Waals surface area contributed by atoms with Crippen molar-refractivity contribution in [3.05, 3.63) is 47.7 Å². The Kier molecular flexibility index (Phi) is 7.09. The maximum absolute atomic E-state index is 16.2. The molecular formula is C28H37BFN5O4. The average Bonchev–Trinajstić information content (AvgIpc) is 3.61. The van der Waals surface area contributed by atoms with Crippen molar-refractivity contribution < 1.29 is 23.3 Å². The molecule has 0 radical (unpaired) electrons. The smallest absolute Gasteiger partial charge is 0.399 e. The second kappa shape index (κ2) is 10.1. The van der Waals surface area contributed by atoms with Crippen molar-refractivity contribution >= 4 is 35.3 Å². The molecule has 0 bridgehead atoms. The van der Waals surface area contributed by atoms with Crippen LogP contribution in [0.25, 0.3) is 10.9 Å². The minimum absolute atomic E-state index is 0.0293. The van der Waals surface area contributed by atoms with Crippen molar-refractivity contribution in [3.63, 3.8) is 0 Å². The third-order valence-corrected chi connectivity index (χ3v) is 8.38. The van der Waals surface area contributed by atoms with E-state index < -0.39 is 24.1 Å². The molecule has 4 heterocycles. The van der Waals surface area contributed by atoms with Crippen molar-refractivity contribution in [3.8, 4) is 0 Å². The van der Waals surface area contributed by atoms with Gasteiger partial charge in [0.15, 0.2) is 5.82 Å². The third-order valence-electron chi connectivity index (χ3n) is 8.38. The Labute approximate surface area is 228 Å². The topological polar surface area (TPSA) is 92.7 Å². The normalized spacial score (nSPS) is 20.5. The van der Waals surface area contributed by atoms with Gasteiger partial charge in [-0.3, -0.25) is 14.3 Å². The zero-order valence-electron chi connectivity index (χ0n) is 23.6. The van der Waals surface area contributed by atoms with Crippen LogP contribution in [0, 0.1) is 5.82 Å². The minimum Gasteiger partial charge on any atom is -0.399 e. The summed E-state index contributed by atoms with van der Waals surface area (Å²) in [5.74, 6) is -0.826. The second-order valence-electron chi connectivity index (χ2n) is 11.8. The van der Waals surface area contributed by atoms with E-state index in [1.54, 1.807) is 31.0 Å². The molecule has 0 unspecified atom stereocenters.